The largest absolute Gasteiger partial charge is 0.497 e. The van der Waals surface area contributed by atoms with Crippen molar-refractivity contribution in [2.24, 2.45) is 7.05 Å². The lowest BCUT2D eigenvalue weighted by Crippen LogP contribution is -1.97. The van der Waals surface area contributed by atoms with Gasteiger partial charge in [-0.25, -0.2) is 0 Å². The van der Waals surface area contributed by atoms with Crippen LogP contribution in [0.15, 0.2) is 24.4 Å². The van der Waals surface area contributed by atoms with Gasteiger partial charge in [0.15, 0.2) is 0 Å². The summed E-state index contributed by atoms with van der Waals surface area (Å²) in [7, 11) is 4.79. The third kappa shape index (κ3) is 3.42. The van der Waals surface area contributed by atoms with Crippen molar-refractivity contribution in [2.45, 2.75) is 6.92 Å². The summed E-state index contributed by atoms with van der Waals surface area (Å²) in [6, 6.07) is 5.33. The molecule has 1 N–H and O–H groups in total. The standard InChI is InChI=1S/C15H18N4O4/c1-10-15(19(20)21)13(18(2)17-10)7-8-16-12-6-5-11(22-3)9-14(12)23-4/h5-9,16H,1-4H3/b8-7+. The second kappa shape index (κ2) is 6.82. The number of nitrogens with zero attached hydrogens (tertiary/aromatic N) is 3. The third-order valence-electron chi connectivity index (χ3n) is 3.31. The molecule has 0 unspecified atom stereocenters. The molecule has 8 nitrogen and oxygen atoms in total. The Kier molecular flexibility index (Phi) is 4.85. The summed E-state index contributed by atoms with van der Waals surface area (Å²) in [5.41, 5.74) is 1.49. The lowest BCUT2D eigenvalue weighted by Gasteiger charge is -2.09. The molecule has 0 amide bonds. The van der Waals surface area contributed by atoms with Crippen LogP contribution in [0.5, 0.6) is 11.5 Å². The number of hydrogen-bond acceptors (Lipinski definition) is 6. The predicted octanol–water partition coefficient (Wildman–Crippen LogP) is 2.74. The van der Waals surface area contributed by atoms with Gasteiger partial charge >= 0.3 is 5.69 Å². The van der Waals surface area contributed by atoms with Crippen LogP contribution < -0.4 is 14.8 Å². The van der Waals surface area contributed by atoms with Gasteiger partial charge in [-0.15, -0.1) is 0 Å². The van der Waals surface area contributed by atoms with E-state index >= 15 is 0 Å². The van der Waals surface area contributed by atoms with Crippen molar-refractivity contribution in [1.29, 1.82) is 0 Å². The molecule has 0 spiro atoms. The summed E-state index contributed by atoms with van der Waals surface area (Å²) in [6.07, 6.45) is 3.20. The second-order valence-electron chi connectivity index (χ2n) is 4.74. The summed E-state index contributed by atoms with van der Waals surface area (Å²) >= 11 is 0. The zero-order valence-electron chi connectivity index (χ0n) is 13.4. The van der Waals surface area contributed by atoms with E-state index < -0.39 is 4.92 Å². The van der Waals surface area contributed by atoms with Gasteiger partial charge in [-0.3, -0.25) is 14.8 Å². The molecule has 1 aromatic carbocycles. The summed E-state index contributed by atoms with van der Waals surface area (Å²) < 4.78 is 11.9. The lowest BCUT2D eigenvalue weighted by atomic mass is 10.2. The molecular formula is C15H18N4O4. The van der Waals surface area contributed by atoms with Gasteiger partial charge in [-0.2, -0.15) is 5.10 Å². The van der Waals surface area contributed by atoms with E-state index in [0.29, 0.717) is 28.6 Å². The van der Waals surface area contributed by atoms with Crippen LogP contribution in [-0.2, 0) is 7.05 Å². The van der Waals surface area contributed by atoms with E-state index in [0.717, 1.165) is 0 Å². The Balaban J connectivity index is 2.25. The Hall–Kier alpha value is -3.03. The van der Waals surface area contributed by atoms with Crippen LogP contribution >= 0.6 is 0 Å². The fraction of sp³-hybridized carbons (Fsp3) is 0.267. The average molecular weight is 318 g/mol. The van der Waals surface area contributed by atoms with Gasteiger partial charge in [-0.05, 0) is 25.1 Å². The van der Waals surface area contributed by atoms with Crippen molar-refractivity contribution in [1.82, 2.24) is 9.78 Å². The molecule has 0 fully saturated rings. The van der Waals surface area contributed by atoms with Gasteiger partial charge < -0.3 is 14.8 Å². The molecule has 1 heterocycles. The SMILES string of the molecule is COc1ccc(N/C=C/c2c([N+](=O)[O-])c(C)nn2C)c(OC)c1. The number of aromatic nitrogens is 2. The molecule has 0 aliphatic rings. The first-order valence-corrected chi connectivity index (χ1v) is 6.81. The van der Waals surface area contributed by atoms with E-state index in [1.165, 1.54) is 4.68 Å². The second-order valence-corrected chi connectivity index (χ2v) is 4.74. The molecule has 122 valence electrons. The number of nitrogens with one attached hydrogen (secondary N) is 1. The smallest absolute Gasteiger partial charge is 0.317 e. The summed E-state index contributed by atoms with van der Waals surface area (Å²) in [5.74, 6) is 1.28. The average Bonchev–Trinajstić information content (AvgIpc) is 2.81. The van der Waals surface area contributed by atoms with E-state index in [4.69, 9.17) is 9.47 Å². The minimum absolute atomic E-state index is 0.00718. The van der Waals surface area contributed by atoms with Gasteiger partial charge in [-0.1, -0.05) is 0 Å². The maximum Gasteiger partial charge on any atom is 0.317 e. The Morgan fingerprint density at radius 1 is 1.35 bits per heavy atom. The molecule has 0 aliphatic heterocycles. The van der Waals surface area contributed by atoms with E-state index in [-0.39, 0.29) is 5.69 Å². The van der Waals surface area contributed by atoms with Gasteiger partial charge in [0, 0.05) is 19.3 Å². The molecular weight excluding hydrogens is 300 g/mol. The number of methoxy groups -OCH3 is 2. The van der Waals surface area contributed by atoms with E-state index in [9.17, 15) is 10.1 Å². The highest BCUT2D eigenvalue weighted by Crippen LogP contribution is 2.29. The van der Waals surface area contributed by atoms with Crippen molar-refractivity contribution in [3.63, 3.8) is 0 Å². The van der Waals surface area contributed by atoms with Gasteiger partial charge in [0.2, 0.25) is 0 Å². The minimum atomic E-state index is -0.435. The maximum absolute atomic E-state index is 11.1. The zero-order chi connectivity index (χ0) is 17.0. The molecule has 0 bridgehead atoms. The Bertz CT molecular complexity index is 752. The highest BCUT2D eigenvalue weighted by atomic mass is 16.6. The number of aryl methyl sites for hydroxylation is 2. The predicted molar refractivity (Wildman–Crippen MR) is 86.8 cm³/mol. The zero-order valence-corrected chi connectivity index (χ0v) is 13.4. The van der Waals surface area contributed by atoms with E-state index in [2.05, 4.69) is 10.4 Å². The summed E-state index contributed by atoms with van der Waals surface area (Å²) in [5, 5.41) is 18.2. The number of hydrogen-bond donors (Lipinski definition) is 1. The highest BCUT2D eigenvalue weighted by molar-refractivity contribution is 5.65. The van der Waals surface area contributed by atoms with Crippen LogP contribution in [0.2, 0.25) is 0 Å². The van der Waals surface area contributed by atoms with Crippen LogP contribution in [0.25, 0.3) is 6.08 Å². The molecule has 0 saturated carbocycles. The molecule has 2 rings (SSSR count). The monoisotopic (exact) mass is 318 g/mol. The number of nitro groups is 1. The first-order valence-electron chi connectivity index (χ1n) is 6.81. The van der Waals surface area contributed by atoms with Crippen molar-refractivity contribution >= 4 is 17.5 Å². The first-order chi connectivity index (χ1) is 11.0. The van der Waals surface area contributed by atoms with Gasteiger partial charge in [0.25, 0.3) is 0 Å². The van der Waals surface area contributed by atoms with Crippen molar-refractivity contribution < 1.29 is 14.4 Å². The van der Waals surface area contributed by atoms with Crippen LogP contribution in [0.1, 0.15) is 11.4 Å². The normalized spacial score (nSPS) is 10.8. The molecule has 0 aliphatic carbocycles. The van der Waals surface area contributed by atoms with Crippen molar-refractivity contribution in [3.8, 4) is 11.5 Å². The number of rotatable bonds is 6. The molecule has 23 heavy (non-hydrogen) atoms. The lowest BCUT2D eigenvalue weighted by molar-refractivity contribution is -0.385. The van der Waals surface area contributed by atoms with Crippen LogP contribution in [0.4, 0.5) is 11.4 Å². The quantitative estimate of drug-likeness (QED) is 0.650. The molecule has 0 saturated heterocycles. The maximum atomic E-state index is 11.1. The summed E-state index contributed by atoms with van der Waals surface area (Å²) in [4.78, 5) is 10.7. The molecule has 2 aromatic rings. The Morgan fingerprint density at radius 2 is 2.09 bits per heavy atom. The van der Waals surface area contributed by atoms with Gasteiger partial charge in [0.1, 0.15) is 22.9 Å². The first kappa shape index (κ1) is 16.3. The molecule has 8 heteroatoms. The van der Waals surface area contributed by atoms with E-state index in [1.54, 1.807) is 58.7 Å². The topological polar surface area (TPSA) is 91.5 Å². The third-order valence-corrected chi connectivity index (χ3v) is 3.31. The van der Waals surface area contributed by atoms with Crippen LogP contribution in [0, 0.1) is 17.0 Å². The van der Waals surface area contributed by atoms with Crippen molar-refractivity contribution in [3.05, 3.63) is 45.9 Å². The number of benzene rings is 1. The Labute approximate surface area is 133 Å². The summed E-state index contributed by atoms with van der Waals surface area (Å²) in [6.45, 7) is 1.61. The van der Waals surface area contributed by atoms with E-state index in [1.807, 2.05) is 0 Å². The van der Waals surface area contributed by atoms with Gasteiger partial charge in [0.05, 0.1) is 24.8 Å². The minimum Gasteiger partial charge on any atom is -0.497 e. The van der Waals surface area contributed by atoms with Crippen molar-refractivity contribution in [2.75, 3.05) is 19.5 Å². The van der Waals surface area contributed by atoms with Crippen LogP contribution in [-0.4, -0.2) is 28.9 Å². The van der Waals surface area contributed by atoms with Crippen LogP contribution in [0.3, 0.4) is 0 Å². The molecule has 0 atom stereocenters. The molecule has 0 radical (unpaired) electrons. The number of ether oxygens (including phenoxy) is 2. The number of anilines is 1. The fourth-order valence-electron chi connectivity index (χ4n) is 2.21. The highest BCUT2D eigenvalue weighted by Gasteiger charge is 2.21. The fourth-order valence-corrected chi connectivity index (χ4v) is 2.21. The Morgan fingerprint density at radius 3 is 2.70 bits per heavy atom. The molecule has 1 aromatic heterocycles.